The Hall–Kier alpha value is -1.39. The summed E-state index contributed by atoms with van der Waals surface area (Å²) in [6.07, 6.45) is 4.37. The van der Waals surface area contributed by atoms with Crippen LogP contribution in [-0.2, 0) is 17.6 Å². The van der Waals surface area contributed by atoms with Crippen molar-refractivity contribution in [1.82, 2.24) is 4.90 Å². The van der Waals surface area contributed by atoms with Crippen molar-refractivity contribution in [2.45, 2.75) is 44.8 Å². The number of ether oxygens (including phenoxy) is 1. The van der Waals surface area contributed by atoms with Gasteiger partial charge in [0.05, 0.1) is 18.8 Å². The van der Waals surface area contributed by atoms with Crippen molar-refractivity contribution in [3.05, 3.63) is 34.9 Å². The summed E-state index contributed by atoms with van der Waals surface area (Å²) in [4.78, 5) is 14.5. The third-order valence-electron chi connectivity index (χ3n) is 4.41. The van der Waals surface area contributed by atoms with Crippen LogP contribution in [0.4, 0.5) is 0 Å². The molecule has 4 heteroatoms. The average Bonchev–Trinajstić information content (AvgIpc) is 2.53. The van der Waals surface area contributed by atoms with E-state index in [1.165, 1.54) is 24.0 Å². The van der Waals surface area contributed by atoms with E-state index in [4.69, 9.17) is 4.74 Å². The fourth-order valence-electron chi connectivity index (χ4n) is 3.36. The van der Waals surface area contributed by atoms with E-state index in [-0.39, 0.29) is 24.7 Å². The molecule has 0 aromatic heterocycles. The molecular formula is C17H23NO3. The molecule has 21 heavy (non-hydrogen) atoms. The molecule has 2 aliphatic rings. The number of nitrogens with zero attached hydrogens (tertiary/aromatic N) is 1. The van der Waals surface area contributed by atoms with Gasteiger partial charge in [-0.3, -0.25) is 4.79 Å². The molecule has 4 nitrogen and oxygen atoms in total. The van der Waals surface area contributed by atoms with Crippen molar-refractivity contribution in [2.75, 3.05) is 19.7 Å². The molecule has 3 rings (SSSR count). The van der Waals surface area contributed by atoms with Crippen LogP contribution in [0.5, 0.6) is 0 Å². The number of hydrogen-bond donors (Lipinski definition) is 1. The van der Waals surface area contributed by atoms with Gasteiger partial charge in [-0.25, -0.2) is 0 Å². The van der Waals surface area contributed by atoms with Crippen LogP contribution in [-0.4, -0.2) is 47.8 Å². The molecule has 2 atom stereocenters. The number of rotatable bonds is 2. The van der Waals surface area contributed by atoms with Gasteiger partial charge in [0.15, 0.2) is 0 Å². The lowest BCUT2D eigenvalue weighted by Gasteiger charge is -2.36. The number of fused-ring (bicyclic) bond motifs is 1. The van der Waals surface area contributed by atoms with Gasteiger partial charge in [0, 0.05) is 18.7 Å². The van der Waals surface area contributed by atoms with Crippen molar-refractivity contribution >= 4 is 5.91 Å². The minimum atomic E-state index is -0.268. The highest BCUT2D eigenvalue weighted by molar-refractivity contribution is 5.94. The fourth-order valence-corrected chi connectivity index (χ4v) is 3.36. The lowest BCUT2D eigenvalue weighted by Crippen LogP contribution is -2.50. The van der Waals surface area contributed by atoms with E-state index in [0.717, 1.165) is 18.4 Å². The Kier molecular flexibility index (Phi) is 4.27. The van der Waals surface area contributed by atoms with Crippen LogP contribution in [0.3, 0.4) is 0 Å². The highest BCUT2D eigenvalue weighted by Gasteiger charge is 2.28. The lowest BCUT2D eigenvalue weighted by molar-refractivity contribution is -0.0858. The number of benzene rings is 1. The second kappa shape index (κ2) is 6.16. The summed E-state index contributed by atoms with van der Waals surface area (Å²) in [5, 5.41) is 9.27. The van der Waals surface area contributed by atoms with Gasteiger partial charge >= 0.3 is 0 Å². The first-order valence-corrected chi connectivity index (χ1v) is 7.85. The van der Waals surface area contributed by atoms with Crippen LogP contribution in [0.25, 0.3) is 0 Å². The molecule has 1 saturated heterocycles. The number of amides is 1. The number of aryl methyl sites for hydroxylation is 2. The van der Waals surface area contributed by atoms with Crippen molar-refractivity contribution in [3.8, 4) is 0 Å². The SMILES string of the molecule is CC1CN(C(=O)c2ccc3c(c2)CCCC3)CC(CO)O1. The summed E-state index contributed by atoms with van der Waals surface area (Å²) < 4.78 is 5.60. The summed E-state index contributed by atoms with van der Waals surface area (Å²) >= 11 is 0. The van der Waals surface area contributed by atoms with Gasteiger partial charge in [0.25, 0.3) is 5.91 Å². The minimum absolute atomic E-state index is 0.0301. The van der Waals surface area contributed by atoms with Crippen LogP contribution >= 0.6 is 0 Å². The molecule has 1 aromatic carbocycles. The maximum atomic E-state index is 12.7. The topological polar surface area (TPSA) is 49.8 Å². The summed E-state index contributed by atoms with van der Waals surface area (Å²) in [6, 6.07) is 6.11. The number of aliphatic hydroxyl groups excluding tert-OH is 1. The predicted molar refractivity (Wildman–Crippen MR) is 80.4 cm³/mol. The molecule has 2 unspecified atom stereocenters. The zero-order chi connectivity index (χ0) is 14.8. The molecule has 0 bridgehead atoms. The van der Waals surface area contributed by atoms with Gasteiger partial charge in [-0.1, -0.05) is 6.07 Å². The highest BCUT2D eigenvalue weighted by Crippen LogP contribution is 2.23. The van der Waals surface area contributed by atoms with E-state index in [9.17, 15) is 9.90 Å². The number of hydrogen-bond acceptors (Lipinski definition) is 3. The lowest BCUT2D eigenvalue weighted by atomic mass is 9.90. The molecule has 114 valence electrons. The van der Waals surface area contributed by atoms with E-state index >= 15 is 0 Å². The number of carbonyl (C=O) groups excluding carboxylic acids is 1. The molecule has 0 spiro atoms. The van der Waals surface area contributed by atoms with Gasteiger partial charge in [0.2, 0.25) is 0 Å². The Balaban J connectivity index is 1.78. The van der Waals surface area contributed by atoms with E-state index in [0.29, 0.717) is 13.1 Å². The molecule has 0 radical (unpaired) electrons. The van der Waals surface area contributed by atoms with Gasteiger partial charge in [-0.05, 0) is 55.9 Å². The summed E-state index contributed by atoms with van der Waals surface area (Å²) in [6.45, 7) is 2.95. The summed E-state index contributed by atoms with van der Waals surface area (Å²) in [5.41, 5.74) is 3.48. The Morgan fingerprint density at radius 2 is 2.05 bits per heavy atom. The number of morpholine rings is 1. The molecular weight excluding hydrogens is 266 g/mol. The third kappa shape index (κ3) is 3.11. The third-order valence-corrected chi connectivity index (χ3v) is 4.41. The van der Waals surface area contributed by atoms with Crippen molar-refractivity contribution in [2.24, 2.45) is 0 Å². The highest BCUT2D eigenvalue weighted by atomic mass is 16.5. The summed E-state index contributed by atoms with van der Waals surface area (Å²) in [5.74, 6) is 0.0528. The first-order chi connectivity index (χ1) is 10.2. The van der Waals surface area contributed by atoms with Crippen LogP contribution in [0, 0.1) is 0 Å². The summed E-state index contributed by atoms with van der Waals surface area (Å²) in [7, 11) is 0. The Labute approximate surface area is 125 Å². The van der Waals surface area contributed by atoms with Gasteiger partial charge in [-0.2, -0.15) is 0 Å². The molecule has 0 saturated carbocycles. The molecule has 1 heterocycles. The zero-order valence-corrected chi connectivity index (χ0v) is 12.5. The minimum Gasteiger partial charge on any atom is -0.394 e. The standard InChI is InChI=1S/C17H23NO3/c1-12-9-18(10-16(11-19)21-12)17(20)15-7-6-13-4-2-3-5-14(13)8-15/h6-8,12,16,19H,2-5,9-11H2,1H3. The predicted octanol–water partition coefficient (Wildman–Crippen LogP) is 1.79. The molecule has 1 fully saturated rings. The fraction of sp³-hybridized carbons (Fsp3) is 0.588. The number of carbonyl (C=O) groups is 1. The molecule has 1 amide bonds. The van der Waals surface area contributed by atoms with Crippen molar-refractivity contribution in [1.29, 1.82) is 0 Å². The van der Waals surface area contributed by atoms with E-state index in [1.807, 2.05) is 13.0 Å². The molecule has 1 aliphatic carbocycles. The quantitative estimate of drug-likeness (QED) is 0.903. The van der Waals surface area contributed by atoms with Crippen LogP contribution in [0.1, 0.15) is 41.3 Å². The Morgan fingerprint density at radius 1 is 1.29 bits per heavy atom. The Bertz CT molecular complexity index is 529. The molecule has 1 aromatic rings. The van der Waals surface area contributed by atoms with Gasteiger partial charge in [-0.15, -0.1) is 0 Å². The second-order valence-corrected chi connectivity index (χ2v) is 6.15. The normalized spacial score (nSPS) is 25.5. The van der Waals surface area contributed by atoms with Gasteiger partial charge < -0.3 is 14.7 Å². The second-order valence-electron chi connectivity index (χ2n) is 6.15. The first kappa shape index (κ1) is 14.5. The van der Waals surface area contributed by atoms with Crippen LogP contribution < -0.4 is 0 Å². The number of aliphatic hydroxyl groups is 1. The monoisotopic (exact) mass is 289 g/mol. The maximum absolute atomic E-state index is 12.7. The Morgan fingerprint density at radius 3 is 2.81 bits per heavy atom. The van der Waals surface area contributed by atoms with E-state index in [2.05, 4.69) is 12.1 Å². The van der Waals surface area contributed by atoms with Gasteiger partial charge in [0.1, 0.15) is 0 Å². The maximum Gasteiger partial charge on any atom is 0.254 e. The smallest absolute Gasteiger partial charge is 0.254 e. The van der Waals surface area contributed by atoms with E-state index < -0.39 is 0 Å². The largest absolute Gasteiger partial charge is 0.394 e. The van der Waals surface area contributed by atoms with Crippen LogP contribution in [0.2, 0.25) is 0 Å². The van der Waals surface area contributed by atoms with Crippen LogP contribution in [0.15, 0.2) is 18.2 Å². The first-order valence-electron chi connectivity index (χ1n) is 7.85. The molecule has 1 N–H and O–H groups in total. The average molecular weight is 289 g/mol. The zero-order valence-electron chi connectivity index (χ0n) is 12.5. The molecule has 1 aliphatic heterocycles. The van der Waals surface area contributed by atoms with Crippen molar-refractivity contribution < 1.29 is 14.6 Å². The van der Waals surface area contributed by atoms with Crippen molar-refractivity contribution in [3.63, 3.8) is 0 Å². The van der Waals surface area contributed by atoms with E-state index in [1.54, 1.807) is 4.90 Å².